The lowest BCUT2D eigenvalue weighted by Gasteiger charge is -2.21. The molecule has 4 aromatic carbocycles. The molecule has 0 aliphatic heterocycles. The fraction of sp³-hybridized carbons (Fsp3) is 0.0645. The molecule has 0 aliphatic carbocycles. The van der Waals surface area contributed by atoms with E-state index >= 15 is 0 Å². The molecule has 0 spiro atoms. The molecule has 32 heavy (non-hydrogen) atoms. The van der Waals surface area contributed by atoms with Crippen LogP contribution in [-0.2, 0) is 4.79 Å². The Bertz CT molecular complexity index is 1030. The van der Waals surface area contributed by atoms with E-state index in [1.807, 2.05) is 79.7 Å². The summed E-state index contributed by atoms with van der Waals surface area (Å²) >= 11 is 0. The largest absolute Gasteiger partial charge is 0.302 e. The highest BCUT2D eigenvalue weighted by molar-refractivity contribution is 5.87. The average Bonchev–Trinajstić information content (AvgIpc) is 2.88. The molecular formula is C31H26O. The van der Waals surface area contributed by atoms with Gasteiger partial charge in [0.25, 0.3) is 0 Å². The summed E-state index contributed by atoms with van der Waals surface area (Å²) in [6.45, 7) is 1.97. The van der Waals surface area contributed by atoms with E-state index in [9.17, 15) is 4.79 Å². The Balaban J connectivity index is 1.90. The van der Waals surface area contributed by atoms with Gasteiger partial charge in [0, 0.05) is 0 Å². The number of hydrogen-bond acceptors (Lipinski definition) is 1. The normalized spacial score (nSPS) is 10.8. The van der Waals surface area contributed by atoms with Crippen LogP contribution in [0.15, 0.2) is 133 Å². The average molecular weight is 415 g/mol. The summed E-state index contributed by atoms with van der Waals surface area (Å²) < 4.78 is 0. The van der Waals surface area contributed by atoms with Gasteiger partial charge in [0.2, 0.25) is 0 Å². The fourth-order valence-corrected chi connectivity index (χ4v) is 3.87. The number of carbonyl (C=O) groups excluding carboxylic acids is 1. The summed E-state index contributed by atoms with van der Waals surface area (Å²) in [7, 11) is 0. The number of allylic oxidation sites excluding steroid dienone is 2. The molecule has 0 saturated carbocycles. The van der Waals surface area contributed by atoms with Crippen LogP contribution in [0.4, 0.5) is 0 Å². The third-order valence-electron chi connectivity index (χ3n) is 5.50. The van der Waals surface area contributed by atoms with Gasteiger partial charge in [0.1, 0.15) is 6.29 Å². The molecule has 0 unspecified atom stereocenters. The molecule has 0 aromatic heterocycles. The number of hydrogen-bond donors (Lipinski definition) is 0. The fourth-order valence-electron chi connectivity index (χ4n) is 3.87. The summed E-state index contributed by atoms with van der Waals surface area (Å²) in [5.41, 5.74) is 5.61. The minimum absolute atomic E-state index is 0.804. The first-order chi connectivity index (χ1) is 15.7. The van der Waals surface area contributed by atoms with Crippen molar-refractivity contribution >= 4 is 17.4 Å². The molecule has 0 bridgehead atoms. The summed E-state index contributed by atoms with van der Waals surface area (Å²) in [6.07, 6.45) is 5.19. The molecule has 4 rings (SSSR count). The highest BCUT2D eigenvalue weighted by Gasteiger charge is 2.22. The molecule has 4 aromatic rings. The van der Waals surface area contributed by atoms with E-state index in [1.165, 1.54) is 0 Å². The maximum absolute atomic E-state index is 12.5. The van der Waals surface area contributed by atoms with Gasteiger partial charge >= 0.3 is 0 Å². The van der Waals surface area contributed by atoms with Crippen LogP contribution in [0.25, 0.3) is 11.1 Å². The number of carbonyl (C=O) groups is 1. The Hall–Kier alpha value is -3.97. The van der Waals surface area contributed by atoms with Crippen LogP contribution in [-0.4, -0.2) is 6.29 Å². The zero-order chi connectivity index (χ0) is 22.2. The van der Waals surface area contributed by atoms with Crippen molar-refractivity contribution in [2.24, 2.45) is 5.41 Å². The molecule has 1 heteroatoms. The van der Waals surface area contributed by atoms with Gasteiger partial charge < -0.3 is 4.79 Å². The lowest BCUT2D eigenvalue weighted by atomic mass is 9.82. The standard InChI is InChI=1S/C31H26O/c1-31(24-32,22-29(25-14-6-2-7-15-25)26-16-8-3-9-17-26)23-30(27-18-10-4-11-19-27)28-20-12-5-13-21-28/h2-24H,1H3. The van der Waals surface area contributed by atoms with Gasteiger partial charge in [-0.15, -0.1) is 0 Å². The molecule has 1 nitrogen and oxygen atoms in total. The Labute approximate surface area is 190 Å². The molecule has 0 N–H and O–H groups in total. The molecule has 0 aliphatic rings. The third-order valence-corrected chi connectivity index (χ3v) is 5.50. The smallest absolute Gasteiger partial charge is 0.133 e. The van der Waals surface area contributed by atoms with Gasteiger partial charge in [0.05, 0.1) is 5.41 Å². The van der Waals surface area contributed by atoms with E-state index in [-0.39, 0.29) is 0 Å². The highest BCUT2D eigenvalue weighted by Crippen LogP contribution is 2.34. The van der Waals surface area contributed by atoms with Gasteiger partial charge in [-0.05, 0) is 40.3 Å². The second-order valence-electron chi connectivity index (χ2n) is 8.06. The first kappa shape index (κ1) is 21.3. The van der Waals surface area contributed by atoms with Crippen molar-refractivity contribution in [2.75, 3.05) is 0 Å². The lowest BCUT2D eigenvalue weighted by molar-refractivity contribution is -0.111. The Morgan fingerprint density at radius 2 is 0.750 bits per heavy atom. The molecule has 0 fully saturated rings. The molecule has 156 valence electrons. The first-order valence-electron chi connectivity index (χ1n) is 10.8. The molecule has 0 saturated heterocycles. The van der Waals surface area contributed by atoms with Crippen LogP contribution in [0, 0.1) is 5.41 Å². The zero-order valence-corrected chi connectivity index (χ0v) is 18.2. The summed E-state index contributed by atoms with van der Waals surface area (Å²) in [5, 5.41) is 0. The summed E-state index contributed by atoms with van der Waals surface area (Å²) in [5.74, 6) is 0. The Morgan fingerprint density at radius 1 is 0.500 bits per heavy atom. The van der Waals surface area contributed by atoms with Crippen LogP contribution in [0.1, 0.15) is 29.2 Å². The van der Waals surface area contributed by atoms with E-state index in [2.05, 4.69) is 60.7 Å². The topological polar surface area (TPSA) is 17.1 Å². The number of aldehydes is 1. The van der Waals surface area contributed by atoms with Crippen molar-refractivity contribution < 1.29 is 4.79 Å². The maximum atomic E-state index is 12.5. The van der Waals surface area contributed by atoms with Gasteiger partial charge in [-0.3, -0.25) is 0 Å². The van der Waals surface area contributed by atoms with Crippen LogP contribution >= 0.6 is 0 Å². The van der Waals surface area contributed by atoms with Crippen molar-refractivity contribution in [1.82, 2.24) is 0 Å². The quantitative estimate of drug-likeness (QED) is 0.287. The second-order valence-corrected chi connectivity index (χ2v) is 8.06. The van der Waals surface area contributed by atoms with Gasteiger partial charge in [0.15, 0.2) is 0 Å². The summed E-state index contributed by atoms with van der Waals surface area (Å²) in [6, 6.07) is 40.9. The van der Waals surface area contributed by atoms with Crippen LogP contribution < -0.4 is 0 Å². The van der Waals surface area contributed by atoms with Gasteiger partial charge in [-0.1, -0.05) is 133 Å². The van der Waals surface area contributed by atoms with E-state index in [4.69, 9.17) is 0 Å². The summed E-state index contributed by atoms with van der Waals surface area (Å²) in [4.78, 5) is 12.5. The van der Waals surface area contributed by atoms with Crippen molar-refractivity contribution in [2.45, 2.75) is 6.92 Å². The van der Waals surface area contributed by atoms with Crippen molar-refractivity contribution in [3.05, 3.63) is 156 Å². The van der Waals surface area contributed by atoms with E-state index in [0.29, 0.717) is 0 Å². The molecule has 0 radical (unpaired) electrons. The minimum Gasteiger partial charge on any atom is -0.302 e. The van der Waals surface area contributed by atoms with Crippen LogP contribution in [0.5, 0.6) is 0 Å². The molecule has 0 atom stereocenters. The molecular weight excluding hydrogens is 388 g/mol. The number of benzene rings is 4. The SMILES string of the molecule is CC(C=O)(C=C(c1ccccc1)c1ccccc1)C=C(c1ccccc1)c1ccccc1. The monoisotopic (exact) mass is 414 g/mol. The molecule has 0 amide bonds. The third kappa shape index (κ3) is 5.01. The Kier molecular flexibility index (Phi) is 6.57. The van der Waals surface area contributed by atoms with Crippen molar-refractivity contribution in [1.29, 1.82) is 0 Å². The van der Waals surface area contributed by atoms with Crippen molar-refractivity contribution in [3.8, 4) is 0 Å². The van der Waals surface area contributed by atoms with Crippen LogP contribution in [0.2, 0.25) is 0 Å². The highest BCUT2D eigenvalue weighted by atomic mass is 16.1. The Morgan fingerprint density at radius 3 is 0.969 bits per heavy atom. The lowest BCUT2D eigenvalue weighted by Crippen LogP contribution is -2.14. The van der Waals surface area contributed by atoms with Crippen molar-refractivity contribution in [3.63, 3.8) is 0 Å². The maximum Gasteiger partial charge on any atom is 0.133 e. The first-order valence-corrected chi connectivity index (χ1v) is 10.8. The van der Waals surface area contributed by atoms with Crippen LogP contribution in [0.3, 0.4) is 0 Å². The van der Waals surface area contributed by atoms with Gasteiger partial charge in [-0.2, -0.15) is 0 Å². The predicted molar refractivity (Wildman–Crippen MR) is 134 cm³/mol. The van der Waals surface area contributed by atoms with E-state index < -0.39 is 5.41 Å². The number of rotatable bonds is 7. The zero-order valence-electron chi connectivity index (χ0n) is 18.2. The van der Waals surface area contributed by atoms with E-state index in [1.54, 1.807) is 0 Å². The predicted octanol–water partition coefficient (Wildman–Crippen LogP) is 7.46. The molecule has 0 heterocycles. The minimum atomic E-state index is -0.804. The van der Waals surface area contributed by atoms with E-state index in [0.717, 1.165) is 39.7 Å². The van der Waals surface area contributed by atoms with Gasteiger partial charge in [-0.25, -0.2) is 0 Å². The second kappa shape index (κ2) is 9.89.